The van der Waals surface area contributed by atoms with Crippen molar-refractivity contribution in [3.8, 4) is 0 Å². The number of nitrogens with one attached hydrogen (secondary N) is 1. The lowest BCUT2D eigenvalue weighted by molar-refractivity contribution is 0.0930. The molecule has 1 atom stereocenters. The predicted octanol–water partition coefficient (Wildman–Crippen LogP) is 4.21. The van der Waals surface area contributed by atoms with Crippen LogP contribution in [0.3, 0.4) is 0 Å². The number of rotatable bonds is 6. The first-order valence-electron chi connectivity index (χ1n) is 6.97. The van der Waals surface area contributed by atoms with Crippen LogP contribution in [0, 0.1) is 5.92 Å². The van der Waals surface area contributed by atoms with Gasteiger partial charge in [-0.2, -0.15) is 0 Å². The lowest BCUT2D eigenvalue weighted by atomic mass is 10.1. The van der Waals surface area contributed by atoms with E-state index in [1.807, 2.05) is 36.7 Å². The number of carbonyl (C=O) groups is 1. The second kappa shape index (κ2) is 7.61. The molecule has 1 N–H and O–H groups in total. The second-order valence-electron chi connectivity index (χ2n) is 5.30. The summed E-state index contributed by atoms with van der Waals surface area (Å²) in [5, 5.41) is 5.07. The average molecular weight is 320 g/mol. The molecule has 1 amide bonds. The van der Waals surface area contributed by atoms with E-state index in [-0.39, 0.29) is 11.9 Å². The van der Waals surface area contributed by atoms with Crippen LogP contribution in [0.2, 0.25) is 0 Å². The highest BCUT2D eigenvalue weighted by molar-refractivity contribution is 7.98. The molecule has 0 aliphatic heterocycles. The van der Waals surface area contributed by atoms with E-state index in [9.17, 15) is 4.79 Å². The molecular formula is C16H20N2OS2. The number of thiazole rings is 1. The molecule has 0 aliphatic rings. The highest BCUT2D eigenvalue weighted by atomic mass is 32.2. The first kappa shape index (κ1) is 16.0. The normalized spacial score (nSPS) is 12.4. The first-order chi connectivity index (χ1) is 10.1. The maximum absolute atomic E-state index is 12.1. The van der Waals surface area contributed by atoms with E-state index >= 15 is 0 Å². The van der Waals surface area contributed by atoms with Crippen LogP contribution in [0.1, 0.15) is 36.8 Å². The van der Waals surface area contributed by atoms with Crippen molar-refractivity contribution < 1.29 is 4.79 Å². The molecular weight excluding hydrogens is 300 g/mol. The third kappa shape index (κ3) is 4.86. The van der Waals surface area contributed by atoms with Crippen molar-refractivity contribution in [1.82, 2.24) is 10.3 Å². The minimum Gasteiger partial charge on any atom is -0.349 e. The minimum absolute atomic E-state index is 0.00717. The van der Waals surface area contributed by atoms with Crippen molar-refractivity contribution in [1.29, 1.82) is 0 Å². The largest absolute Gasteiger partial charge is 0.349 e. The Hall–Kier alpha value is -1.33. The van der Waals surface area contributed by atoms with Gasteiger partial charge in [0.2, 0.25) is 0 Å². The third-order valence-electron chi connectivity index (χ3n) is 3.35. The molecule has 21 heavy (non-hydrogen) atoms. The van der Waals surface area contributed by atoms with Gasteiger partial charge in [0.1, 0.15) is 0 Å². The Labute approximate surface area is 134 Å². The van der Waals surface area contributed by atoms with Crippen molar-refractivity contribution in [2.45, 2.75) is 37.5 Å². The van der Waals surface area contributed by atoms with E-state index in [0.29, 0.717) is 11.5 Å². The van der Waals surface area contributed by atoms with Crippen LogP contribution < -0.4 is 5.32 Å². The standard InChI is InChI=1S/C16H20N2OS2/c1-11(2)12(3)18-16(19)13-4-6-15(7-5-13)21-9-14-8-20-10-17-14/h4-8,10-12H,9H2,1-3H3,(H,18,19). The van der Waals surface area contributed by atoms with Crippen LogP contribution in [-0.2, 0) is 5.75 Å². The van der Waals surface area contributed by atoms with Gasteiger partial charge in [0.25, 0.3) is 5.91 Å². The zero-order valence-electron chi connectivity index (χ0n) is 12.5. The fraction of sp³-hybridized carbons (Fsp3) is 0.375. The highest BCUT2D eigenvalue weighted by Crippen LogP contribution is 2.23. The number of nitrogens with zero attached hydrogens (tertiary/aromatic N) is 1. The molecule has 0 spiro atoms. The van der Waals surface area contributed by atoms with E-state index in [4.69, 9.17) is 0 Å². The van der Waals surface area contributed by atoms with Gasteiger partial charge in [0.15, 0.2) is 0 Å². The summed E-state index contributed by atoms with van der Waals surface area (Å²) in [6.45, 7) is 6.23. The van der Waals surface area contributed by atoms with Gasteiger partial charge in [-0.3, -0.25) is 4.79 Å². The average Bonchev–Trinajstić information content (AvgIpc) is 2.98. The van der Waals surface area contributed by atoms with Crippen molar-refractivity contribution >= 4 is 29.0 Å². The van der Waals surface area contributed by atoms with Gasteiger partial charge in [0.05, 0.1) is 11.2 Å². The monoisotopic (exact) mass is 320 g/mol. The maximum Gasteiger partial charge on any atom is 0.251 e. The Morgan fingerprint density at radius 2 is 2.00 bits per heavy atom. The molecule has 112 valence electrons. The van der Waals surface area contributed by atoms with Gasteiger partial charge in [-0.1, -0.05) is 13.8 Å². The zero-order valence-corrected chi connectivity index (χ0v) is 14.1. The van der Waals surface area contributed by atoms with Gasteiger partial charge in [-0.05, 0) is 37.1 Å². The number of thioether (sulfide) groups is 1. The molecule has 0 bridgehead atoms. The summed E-state index contributed by atoms with van der Waals surface area (Å²) in [7, 11) is 0. The summed E-state index contributed by atoms with van der Waals surface area (Å²) < 4.78 is 0. The van der Waals surface area contributed by atoms with E-state index in [1.165, 1.54) is 0 Å². The Morgan fingerprint density at radius 1 is 1.29 bits per heavy atom. The van der Waals surface area contributed by atoms with Crippen LogP contribution in [-0.4, -0.2) is 16.9 Å². The Bertz CT molecular complexity index is 564. The number of benzene rings is 1. The molecule has 0 aliphatic carbocycles. The molecule has 0 radical (unpaired) electrons. The number of carbonyl (C=O) groups excluding carboxylic acids is 1. The molecule has 0 saturated heterocycles. The quantitative estimate of drug-likeness (QED) is 0.811. The van der Waals surface area contributed by atoms with Gasteiger partial charge in [-0.25, -0.2) is 4.98 Å². The summed E-state index contributed by atoms with van der Waals surface area (Å²) in [5.41, 5.74) is 3.65. The summed E-state index contributed by atoms with van der Waals surface area (Å²) >= 11 is 3.34. The van der Waals surface area contributed by atoms with E-state index in [2.05, 4.69) is 29.5 Å². The first-order valence-corrected chi connectivity index (χ1v) is 8.90. The Balaban J connectivity index is 1.90. The van der Waals surface area contributed by atoms with E-state index in [0.717, 1.165) is 16.3 Å². The number of aromatic nitrogens is 1. The van der Waals surface area contributed by atoms with Crippen molar-refractivity contribution in [3.05, 3.63) is 46.4 Å². The van der Waals surface area contributed by atoms with Crippen molar-refractivity contribution in [2.75, 3.05) is 0 Å². The van der Waals surface area contributed by atoms with E-state index < -0.39 is 0 Å². The van der Waals surface area contributed by atoms with Crippen LogP contribution in [0.4, 0.5) is 0 Å². The molecule has 0 fully saturated rings. The Morgan fingerprint density at radius 3 is 2.57 bits per heavy atom. The molecule has 5 heteroatoms. The van der Waals surface area contributed by atoms with Crippen LogP contribution in [0.15, 0.2) is 40.1 Å². The highest BCUT2D eigenvalue weighted by Gasteiger charge is 2.12. The second-order valence-corrected chi connectivity index (χ2v) is 7.07. The predicted molar refractivity (Wildman–Crippen MR) is 89.9 cm³/mol. The SMILES string of the molecule is CC(C)C(C)NC(=O)c1ccc(SCc2cscn2)cc1. The smallest absolute Gasteiger partial charge is 0.251 e. The van der Waals surface area contributed by atoms with Gasteiger partial charge < -0.3 is 5.32 Å². The van der Waals surface area contributed by atoms with Gasteiger partial charge >= 0.3 is 0 Å². The van der Waals surface area contributed by atoms with Gasteiger partial charge in [-0.15, -0.1) is 23.1 Å². The fourth-order valence-electron chi connectivity index (χ4n) is 1.63. The third-order valence-corrected chi connectivity index (χ3v) is 5.03. The zero-order chi connectivity index (χ0) is 15.2. The van der Waals surface area contributed by atoms with E-state index in [1.54, 1.807) is 23.1 Å². The molecule has 2 rings (SSSR count). The molecule has 0 saturated carbocycles. The Kier molecular flexibility index (Phi) is 5.82. The summed E-state index contributed by atoms with van der Waals surface area (Å²) in [5.74, 6) is 1.29. The summed E-state index contributed by atoms with van der Waals surface area (Å²) in [4.78, 5) is 17.5. The van der Waals surface area contributed by atoms with Crippen LogP contribution >= 0.6 is 23.1 Å². The molecule has 1 heterocycles. The topological polar surface area (TPSA) is 42.0 Å². The number of hydrogen-bond donors (Lipinski definition) is 1. The minimum atomic E-state index is -0.00717. The lowest BCUT2D eigenvalue weighted by Crippen LogP contribution is -2.36. The number of amides is 1. The lowest BCUT2D eigenvalue weighted by Gasteiger charge is -2.17. The van der Waals surface area contributed by atoms with Crippen LogP contribution in [0.5, 0.6) is 0 Å². The maximum atomic E-state index is 12.1. The molecule has 3 nitrogen and oxygen atoms in total. The fourth-order valence-corrected chi connectivity index (χ4v) is 3.09. The summed E-state index contributed by atoms with van der Waals surface area (Å²) in [6, 6.07) is 7.92. The van der Waals surface area contributed by atoms with Crippen molar-refractivity contribution in [3.63, 3.8) is 0 Å². The van der Waals surface area contributed by atoms with Gasteiger partial charge in [0, 0.05) is 27.6 Å². The van der Waals surface area contributed by atoms with Crippen LogP contribution in [0.25, 0.3) is 0 Å². The summed E-state index contributed by atoms with van der Waals surface area (Å²) in [6.07, 6.45) is 0. The number of hydrogen-bond acceptors (Lipinski definition) is 4. The molecule has 1 unspecified atom stereocenters. The van der Waals surface area contributed by atoms with Crippen molar-refractivity contribution in [2.24, 2.45) is 5.92 Å². The molecule has 2 aromatic rings. The molecule has 1 aromatic carbocycles. The molecule has 1 aromatic heterocycles.